The number of fused-ring (bicyclic) bond motifs is 1. The molecule has 0 atom stereocenters. The molecule has 0 aliphatic carbocycles. The third kappa shape index (κ3) is 2.88. The van der Waals surface area contributed by atoms with Crippen molar-refractivity contribution in [3.63, 3.8) is 0 Å². The summed E-state index contributed by atoms with van der Waals surface area (Å²) < 4.78 is 0. The fraction of sp³-hybridized carbons (Fsp3) is 0.0870. The number of rotatable bonds is 3. The van der Waals surface area contributed by atoms with Gasteiger partial charge in [0.25, 0.3) is 0 Å². The highest BCUT2D eigenvalue weighted by Gasteiger charge is 2.10. The standard InChI is InChI=1S/C23H19NO2/c1-2-15-14-22(16-7-10-18(25)11-8-16)24-21-12-9-17(13-20(15)21)19-5-3-4-6-23(19)26/h3-14,25-26H,2H2,1H3. The van der Waals surface area contributed by atoms with Gasteiger partial charge in [-0.25, -0.2) is 4.98 Å². The van der Waals surface area contributed by atoms with Crippen LogP contribution < -0.4 is 0 Å². The second kappa shape index (κ2) is 6.52. The van der Waals surface area contributed by atoms with Gasteiger partial charge in [-0.3, -0.25) is 0 Å². The predicted octanol–water partition coefficient (Wildman–Crippen LogP) is 5.54. The third-order valence-corrected chi connectivity index (χ3v) is 4.65. The highest BCUT2D eigenvalue weighted by atomic mass is 16.3. The lowest BCUT2D eigenvalue weighted by atomic mass is 9.97. The van der Waals surface area contributed by atoms with Gasteiger partial charge in [0.05, 0.1) is 11.2 Å². The SMILES string of the molecule is CCc1cc(-c2ccc(O)cc2)nc2ccc(-c3ccccc3O)cc12. The number of para-hydroxylation sites is 1. The quantitative estimate of drug-likeness (QED) is 0.514. The number of aromatic hydroxyl groups is 2. The Bertz CT molecular complexity index is 1090. The summed E-state index contributed by atoms with van der Waals surface area (Å²) >= 11 is 0. The minimum absolute atomic E-state index is 0.248. The maximum atomic E-state index is 10.1. The van der Waals surface area contributed by atoms with Crippen LogP contribution in [0.1, 0.15) is 12.5 Å². The number of aryl methyl sites for hydroxylation is 1. The molecule has 0 amide bonds. The molecule has 0 unspecified atom stereocenters. The highest BCUT2D eigenvalue weighted by molar-refractivity contribution is 5.90. The van der Waals surface area contributed by atoms with E-state index in [1.807, 2.05) is 42.5 Å². The summed E-state index contributed by atoms with van der Waals surface area (Å²) in [5, 5.41) is 20.7. The summed E-state index contributed by atoms with van der Waals surface area (Å²) in [5.41, 5.74) is 5.79. The van der Waals surface area contributed by atoms with Crippen LogP contribution in [0.5, 0.6) is 11.5 Å². The average molecular weight is 341 g/mol. The third-order valence-electron chi connectivity index (χ3n) is 4.65. The molecule has 1 heterocycles. The number of benzene rings is 3. The van der Waals surface area contributed by atoms with Crippen LogP contribution >= 0.6 is 0 Å². The van der Waals surface area contributed by atoms with Crippen molar-refractivity contribution in [2.45, 2.75) is 13.3 Å². The van der Waals surface area contributed by atoms with Gasteiger partial charge >= 0.3 is 0 Å². The zero-order valence-electron chi connectivity index (χ0n) is 14.5. The molecule has 0 fully saturated rings. The van der Waals surface area contributed by atoms with Crippen LogP contribution in [0.2, 0.25) is 0 Å². The summed E-state index contributed by atoms with van der Waals surface area (Å²) in [4.78, 5) is 4.80. The van der Waals surface area contributed by atoms with E-state index in [-0.39, 0.29) is 11.5 Å². The minimum atomic E-state index is 0.248. The molecule has 0 aliphatic heterocycles. The second-order valence-corrected chi connectivity index (χ2v) is 6.32. The molecule has 1 aromatic heterocycles. The van der Waals surface area contributed by atoms with Crippen molar-refractivity contribution >= 4 is 10.9 Å². The first-order valence-corrected chi connectivity index (χ1v) is 8.67. The van der Waals surface area contributed by atoms with Crippen molar-refractivity contribution in [3.8, 4) is 33.9 Å². The lowest BCUT2D eigenvalue weighted by Crippen LogP contribution is -1.92. The first-order chi connectivity index (χ1) is 12.7. The predicted molar refractivity (Wildman–Crippen MR) is 105 cm³/mol. The van der Waals surface area contributed by atoms with Gasteiger partial charge in [-0.2, -0.15) is 0 Å². The first kappa shape index (κ1) is 16.2. The largest absolute Gasteiger partial charge is 0.508 e. The zero-order chi connectivity index (χ0) is 18.1. The molecule has 4 aromatic rings. The van der Waals surface area contributed by atoms with Gasteiger partial charge < -0.3 is 10.2 Å². The molecule has 0 spiro atoms. The van der Waals surface area contributed by atoms with Gasteiger partial charge in [0.15, 0.2) is 0 Å². The lowest BCUT2D eigenvalue weighted by molar-refractivity contribution is 0.475. The Hall–Kier alpha value is -3.33. The summed E-state index contributed by atoms with van der Waals surface area (Å²) in [6.07, 6.45) is 0.883. The van der Waals surface area contributed by atoms with E-state index in [1.54, 1.807) is 18.2 Å². The van der Waals surface area contributed by atoms with Crippen LogP contribution in [0.3, 0.4) is 0 Å². The maximum Gasteiger partial charge on any atom is 0.123 e. The van der Waals surface area contributed by atoms with E-state index >= 15 is 0 Å². The Morgan fingerprint density at radius 1 is 0.808 bits per heavy atom. The highest BCUT2D eigenvalue weighted by Crippen LogP contribution is 2.33. The van der Waals surface area contributed by atoms with Crippen molar-refractivity contribution < 1.29 is 10.2 Å². The van der Waals surface area contributed by atoms with Crippen LogP contribution in [-0.2, 0) is 6.42 Å². The fourth-order valence-corrected chi connectivity index (χ4v) is 3.25. The molecular weight excluding hydrogens is 322 g/mol. The smallest absolute Gasteiger partial charge is 0.123 e. The van der Waals surface area contributed by atoms with Gasteiger partial charge in [0.1, 0.15) is 11.5 Å². The number of phenols is 2. The van der Waals surface area contributed by atoms with E-state index in [4.69, 9.17) is 4.98 Å². The average Bonchev–Trinajstić information content (AvgIpc) is 2.67. The molecule has 0 bridgehead atoms. The number of phenolic OH excluding ortho intramolecular Hbond substituents is 2. The Labute approximate surface area is 152 Å². The summed E-state index contributed by atoms with van der Waals surface area (Å²) in [7, 11) is 0. The number of nitrogens with zero attached hydrogens (tertiary/aromatic N) is 1. The number of aromatic nitrogens is 1. The first-order valence-electron chi connectivity index (χ1n) is 8.67. The molecule has 0 radical (unpaired) electrons. The maximum absolute atomic E-state index is 10.1. The Morgan fingerprint density at radius 3 is 2.27 bits per heavy atom. The minimum Gasteiger partial charge on any atom is -0.508 e. The normalized spacial score (nSPS) is 11.0. The monoisotopic (exact) mass is 341 g/mol. The van der Waals surface area contributed by atoms with E-state index in [0.29, 0.717) is 0 Å². The lowest BCUT2D eigenvalue weighted by Gasteiger charge is -2.11. The fourth-order valence-electron chi connectivity index (χ4n) is 3.25. The molecule has 4 rings (SSSR count). The molecule has 2 N–H and O–H groups in total. The van der Waals surface area contributed by atoms with Gasteiger partial charge in [-0.1, -0.05) is 31.2 Å². The van der Waals surface area contributed by atoms with Crippen molar-refractivity contribution in [2.75, 3.05) is 0 Å². The molecule has 3 heteroatoms. The number of hydrogen-bond donors (Lipinski definition) is 2. The molecule has 0 saturated heterocycles. The molecular formula is C23H19NO2. The Balaban J connectivity index is 1.88. The van der Waals surface area contributed by atoms with E-state index in [0.717, 1.165) is 39.7 Å². The molecule has 0 aliphatic rings. The molecule has 3 aromatic carbocycles. The molecule has 0 saturated carbocycles. The zero-order valence-corrected chi connectivity index (χ0v) is 14.5. The summed E-state index contributed by atoms with van der Waals surface area (Å²) in [5.74, 6) is 0.524. The van der Waals surface area contributed by atoms with E-state index in [1.165, 1.54) is 5.56 Å². The van der Waals surface area contributed by atoms with Crippen molar-refractivity contribution in [1.29, 1.82) is 0 Å². The van der Waals surface area contributed by atoms with Crippen LogP contribution in [0.4, 0.5) is 0 Å². The van der Waals surface area contributed by atoms with Gasteiger partial charge in [0, 0.05) is 16.5 Å². The van der Waals surface area contributed by atoms with Crippen molar-refractivity contribution in [2.24, 2.45) is 0 Å². The van der Waals surface area contributed by atoms with Crippen LogP contribution in [0, 0.1) is 0 Å². The van der Waals surface area contributed by atoms with Gasteiger partial charge in [-0.05, 0) is 66.1 Å². The second-order valence-electron chi connectivity index (χ2n) is 6.32. The van der Waals surface area contributed by atoms with Crippen LogP contribution in [0.15, 0.2) is 72.8 Å². The Kier molecular flexibility index (Phi) is 4.05. The molecule has 3 nitrogen and oxygen atoms in total. The summed E-state index contributed by atoms with van der Waals surface area (Å²) in [6.45, 7) is 2.13. The molecule has 128 valence electrons. The van der Waals surface area contributed by atoms with Crippen molar-refractivity contribution in [1.82, 2.24) is 4.98 Å². The summed E-state index contributed by atoms with van der Waals surface area (Å²) in [6, 6.07) is 22.6. The van der Waals surface area contributed by atoms with Gasteiger partial charge in [-0.15, -0.1) is 0 Å². The molecule has 26 heavy (non-hydrogen) atoms. The van der Waals surface area contributed by atoms with Gasteiger partial charge in [0.2, 0.25) is 0 Å². The van der Waals surface area contributed by atoms with Crippen LogP contribution in [0.25, 0.3) is 33.3 Å². The van der Waals surface area contributed by atoms with Crippen LogP contribution in [-0.4, -0.2) is 15.2 Å². The number of hydrogen-bond acceptors (Lipinski definition) is 3. The van der Waals surface area contributed by atoms with E-state index in [2.05, 4.69) is 19.1 Å². The van der Waals surface area contributed by atoms with E-state index < -0.39 is 0 Å². The number of pyridine rings is 1. The Morgan fingerprint density at radius 2 is 1.54 bits per heavy atom. The van der Waals surface area contributed by atoms with Crippen molar-refractivity contribution in [3.05, 3.63) is 78.4 Å². The van der Waals surface area contributed by atoms with E-state index in [9.17, 15) is 10.2 Å². The topological polar surface area (TPSA) is 53.4 Å².